The summed E-state index contributed by atoms with van der Waals surface area (Å²) >= 11 is 0. The molecule has 1 fully saturated rings. The fourth-order valence-electron chi connectivity index (χ4n) is 2.57. The lowest BCUT2D eigenvalue weighted by molar-refractivity contribution is -0.140. The number of pyridine rings is 1. The van der Waals surface area contributed by atoms with Crippen molar-refractivity contribution in [2.24, 2.45) is 17.3 Å². The van der Waals surface area contributed by atoms with Crippen LogP contribution in [0.25, 0.3) is 0 Å². The summed E-state index contributed by atoms with van der Waals surface area (Å²) in [5.41, 5.74) is 1.35. The lowest BCUT2D eigenvalue weighted by Crippen LogP contribution is -2.27. The fraction of sp³-hybridized carbons (Fsp3) is 0.500. The van der Waals surface area contributed by atoms with E-state index in [9.17, 15) is 9.59 Å². The molecule has 1 aromatic heterocycles. The van der Waals surface area contributed by atoms with Crippen LogP contribution < -0.4 is 5.32 Å². The highest BCUT2D eigenvalue weighted by Crippen LogP contribution is 2.58. The highest BCUT2D eigenvalue weighted by molar-refractivity contribution is 5.91. The Morgan fingerprint density at radius 2 is 2.11 bits per heavy atom. The largest absolute Gasteiger partial charge is 0.481 e. The van der Waals surface area contributed by atoms with Crippen molar-refractivity contribution in [1.82, 2.24) is 10.3 Å². The van der Waals surface area contributed by atoms with Crippen LogP contribution in [-0.4, -0.2) is 22.0 Å². The molecule has 5 heteroatoms. The van der Waals surface area contributed by atoms with Crippen molar-refractivity contribution in [3.8, 4) is 0 Å². The second-order valence-electron chi connectivity index (χ2n) is 5.60. The summed E-state index contributed by atoms with van der Waals surface area (Å²) in [5, 5.41) is 11.8. The van der Waals surface area contributed by atoms with Gasteiger partial charge in [0.1, 0.15) is 0 Å². The Hall–Kier alpha value is -1.91. The van der Waals surface area contributed by atoms with E-state index in [0.29, 0.717) is 6.54 Å². The van der Waals surface area contributed by atoms with Gasteiger partial charge in [0.25, 0.3) is 0 Å². The quantitative estimate of drug-likeness (QED) is 0.858. The molecule has 0 spiro atoms. The normalized spacial score (nSPS) is 23.7. The highest BCUT2D eigenvalue weighted by Gasteiger charge is 2.65. The van der Waals surface area contributed by atoms with E-state index in [-0.39, 0.29) is 5.91 Å². The van der Waals surface area contributed by atoms with E-state index in [1.165, 1.54) is 0 Å². The van der Waals surface area contributed by atoms with Crippen LogP contribution in [0.1, 0.15) is 25.1 Å². The van der Waals surface area contributed by atoms with Gasteiger partial charge >= 0.3 is 5.97 Å². The summed E-state index contributed by atoms with van der Waals surface area (Å²) in [6.45, 7) is 5.88. The van der Waals surface area contributed by atoms with Crippen LogP contribution in [0.5, 0.6) is 0 Å². The maximum atomic E-state index is 12.0. The molecule has 0 radical (unpaired) electrons. The molecule has 5 nitrogen and oxygen atoms in total. The Labute approximate surface area is 112 Å². The van der Waals surface area contributed by atoms with Crippen LogP contribution in [0, 0.1) is 24.2 Å². The average Bonchev–Trinajstić information content (AvgIpc) is 2.91. The summed E-state index contributed by atoms with van der Waals surface area (Å²) in [5.74, 6) is -2.15. The van der Waals surface area contributed by atoms with Crippen molar-refractivity contribution in [3.63, 3.8) is 0 Å². The highest BCUT2D eigenvalue weighted by atomic mass is 16.4. The van der Waals surface area contributed by atoms with Crippen molar-refractivity contribution in [3.05, 3.63) is 29.6 Å². The first kappa shape index (κ1) is 13.5. The number of carboxylic acid groups (broad SMARTS) is 1. The van der Waals surface area contributed by atoms with Crippen LogP contribution in [0.4, 0.5) is 0 Å². The molecule has 0 aliphatic heterocycles. The molecule has 102 valence electrons. The monoisotopic (exact) mass is 262 g/mol. The van der Waals surface area contributed by atoms with Gasteiger partial charge in [0.2, 0.25) is 5.91 Å². The topological polar surface area (TPSA) is 79.3 Å². The van der Waals surface area contributed by atoms with Gasteiger partial charge in [-0.05, 0) is 24.0 Å². The van der Waals surface area contributed by atoms with Crippen LogP contribution in [0.2, 0.25) is 0 Å². The average molecular weight is 262 g/mol. The van der Waals surface area contributed by atoms with Crippen LogP contribution >= 0.6 is 0 Å². The molecule has 19 heavy (non-hydrogen) atoms. The SMILES string of the molecule is Cc1cccnc1CNC(=O)C1C(C(=O)O)C1(C)C. The maximum Gasteiger partial charge on any atom is 0.307 e. The summed E-state index contributed by atoms with van der Waals surface area (Å²) in [7, 11) is 0. The lowest BCUT2D eigenvalue weighted by Gasteiger charge is -2.07. The number of aliphatic carboxylic acids is 1. The first-order valence-electron chi connectivity index (χ1n) is 6.26. The van der Waals surface area contributed by atoms with Crippen molar-refractivity contribution < 1.29 is 14.7 Å². The molecule has 1 aromatic rings. The Balaban J connectivity index is 1.97. The number of carboxylic acids is 1. The fourth-order valence-corrected chi connectivity index (χ4v) is 2.57. The Bertz CT molecular complexity index is 525. The van der Waals surface area contributed by atoms with E-state index in [4.69, 9.17) is 5.11 Å². The Morgan fingerprint density at radius 3 is 2.63 bits per heavy atom. The van der Waals surface area contributed by atoms with Gasteiger partial charge in [0.15, 0.2) is 0 Å². The molecule has 2 N–H and O–H groups in total. The zero-order valence-electron chi connectivity index (χ0n) is 11.3. The number of aryl methyl sites for hydroxylation is 1. The number of hydrogen-bond acceptors (Lipinski definition) is 3. The van der Waals surface area contributed by atoms with Gasteiger partial charge in [-0.1, -0.05) is 19.9 Å². The summed E-state index contributed by atoms with van der Waals surface area (Å²) in [6, 6.07) is 3.76. The number of rotatable bonds is 4. The van der Waals surface area contributed by atoms with E-state index in [0.717, 1.165) is 11.3 Å². The van der Waals surface area contributed by atoms with Gasteiger partial charge in [-0.3, -0.25) is 14.6 Å². The number of hydrogen-bond donors (Lipinski definition) is 2. The summed E-state index contributed by atoms with van der Waals surface area (Å²) in [4.78, 5) is 27.2. The number of nitrogens with one attached hydrogen (secondary N) is 1. The number of carbonyl (C=O) groups is 2. The van der Waals surface area contributed by atoms with E-state index < -0.39 is 23.2 Å². The molecule has 2 unspecified atom stereocenters. The third kappa shape index (κ3) is 2.45. The molecule has 1 amide bonds. The molecule has 1 saturated carbocycles. The second kappa shape index (κ2) is 4.64. The van der Waals surface area contributed by atoms with Gasteiger partial charge in [-0.2, -0.15) is 0 Å². The molecule has 1 heterocycles. The smallest absolute Gasteiger partial charge is 0.307 e. The molecule has 2 rings (SSSR count). The lowest BCUT2D eigenvalue weighted by atomic mass is 10.1. The van der Waals surface area contributed by atoms with Crippen molar-refractivity contribution in [2.75, 3.05) is 0 Å². The molecular formula is C14H18N2O3. The van der Waals surface area contributed by atoms with E-state index >= 15 is 0 Å². The van der Waals surface area contributed by atoms with Gasteiger partial charge in [0, 0.05) is 6.20 Å². The van der Waals surface area contributed by atoms with E-state index in [1.807, 2.05) is 32.9 Å². The zero-order valence-corrected chi connectivity index (χ0v) is 11.3. The van der Waals surface area contributed by atoms with Crippen molar-refractivity contribution in [1.29, 1.82) is 0 Å². The van der Waals surface area contributed by atoms with Crippen LogP contribution in [0.3, 0.4) is 0 Å². The minimum Gasteiger partial charge on any atom is -0.481 e. The van der Waals surface area contributed by atoms with Gasteiger partial charge < -0.3 is 10.4 Å². The molecule has 0 aromatic carbocycles. The first-order chi connectivity index (χ1) is 8.85. The first-order valence-corrected chi connectivity index (χ1v) is 6.26. The standard InChI is InChI=1S/C14H18N2O3/c1-8-5-4-6-15-9(8)7-16-12(17)10-11(13(18)19)14(10,2)3/h4-6,10-11H,7H2,1-3H3,(H,16,17)(H,18,19). The van der Waals surface area contributed by atoms with Crippen molar-refractivity contribution >= 4 is 11.9 Å². The van der Waals surface area contributed by atoms with Gasteiger partial charge in [-0.15, -0.1) is 0 Å². The molecule has 0 saturated heterocycles. The predicted octanol–water partition coefficient (Wildman–Crippen LogP) is 1.36. The number of amides is 1. The zero-order chi connectivity index (χ0) is 14.2. The molecule has 2 atom stereocenters. The molecule has 0 bridgehead atoms. The minimum atomic E-state index is -0.904. The summed E-state index contributed by atoms with van der Waals surface area (Å²) in [6.07, 6.45) is 1.68. The maximum absolute atomic E-state index is 12.0. The second-order valence-corrected chi connectivity index (χ2v) is 5.60. The van der Waals surface area contributed by atoms with Gasteiger partial charge in [0.05, 0.1) is 24.1 Å². The molecule has 1 aliphatic carbocycles. The molecular weight excluding hydrogens is 244 g/mol. The van der Waals surface area contributed by atoms with E-state index in [2.05, 4.69) is 10.3 Å². The third-order valence-corrected chi connectivity index (χ3v) is 3.92. The van der Waals surface area contributed by atoms with Crippen LogP contribution in [-0.2, 0) is 16.1 Å². The molecule has 1 aliphatic rings. The minimum absolute atomic E-state index is 0.206. The number of carbonyl (C=O) groups excluding carboxylic acids is 1. The predicted molar refractivity (Wildman–Crippen MR) is 69.2 cm³/mol. The third-order valence-electron chi connectivity index (χ3n) is 3.92. The Morgan fingerprint density at radius 1 is 1.42 bits per heavy atom. The summed E-state index contributed by atoms with van der Waals surface area (Å²) < 4.78 is 0. The van der Waals surface area contributed by atoms with Crippen molar-refractivity contribution in [2.45, 2.75) is 27.3 Å². The number of aromatic nitrogens is 1. The Kier molecular flexibility index (Phi) is 3.30. The number of nitrogens with zero attached hydrogens (tertiary/aromatic N) is 1. The van der Waals surface area contributed by atoms with Crippen LogP contribution in [0.15, 0.2) is 18.3 Å². The van der Waals surface area contributed by atoms with Gasteiger partial charge in [-0.25, -0.2) is 0 Å². The van der Waals surface area contributed by atoms with E-state index in [1.54, 1.807) is 6.20 Å².